The van der Waals surface area contributed by atoms with Crippen LogP contribution in [0, 0.1) is 17.3 Å². The molecule has 1 rings (SSSR count). The number of aliphatic hydroxyl groups is 1. The van der Waals surface area contributed by atoms with Gasteiger partial charge in [-0.05, 0) is 37.0 Å². The second-order valence-electron chi connectivity index (χ2n) is 6.65. The van der Waals surface area contributed by atoms with E-state index in [0.717, 1.165) is 32.5 Å². The molecule has 3 unspecified atom stereocenters. The Kier molecular flexibility index (Phi) is 5.26. The molecule has 0 aliphatic carbocycles. The van der Waals surface area contributed by atoms with Crippen molar-refractivity contribution >= 4 is 0 Å². The molecule has 1 fully saturated rings. The van der Waals surface area contributed by atoms with E-state index in [9.17, 15) is 5.11 Å². The highest BCUT2D eigenvalue weighted by Crippen LogP contribution is 2.29. The first-order valence-corrected chi connectivity index (χ1v) is 6.64. The first-order chi connectivity index (χ1) is 7.38. The van der Waals surface area contributed by atoms with Gasteiger partial charge in [0.15, 0.2) is 0 Å². The molecule has 1 heterocycles. The van der Waals surface area contributed by atoms with Crippen LogP contribution < -0.4 is 0 Å². The monoisotopic (exact) mass is 228 g/mol. The second-order valence-corrected chi connectivity index (χ2v) is 6.65. The summed E-state index contributed by atoms with van der Waals surface area (Å²) in [5.41, 5.74) is 0.363. The van der Waals surface area contributed by atoms with Gasteiger partial charge in [-0.1, -0.05) is 27.7 Å². The molecule has 0 aromatic carbocycles. The molecule has 0 amide bonds. The van der Waals surface area contributed by atoms with Gasteiger partial charge in [-0.3, -0.25) is 0 Å². The second kappa shape index (κ2) is 6.02. The van der Waals surface area contributed by atoms with Crippen LogP contribution in [0.1, 0.15) is 53.4 Å². The zero-order valence-electron chi connectivity index (χ0n) is 11.3. The predicted octanol–water partition coefficient (Wildman–Crippen LogP) is 3.24. The van der Waals surface area contributed by atoms with Gasteiger partial charge in [-0.15, -0.1) is 0 Å². The molecule has 2 heteroatoms. The van der Waals surface area contributed by atoms with E-state index >= 15 is 0 Å². The van der Waals surface area contributed by atoms with E-state index < -0.39 is 0 Å². The molecule has 1 N–H and O–H groups in total. The Morgan fingerprint density at radius 2 is 2.06 bits per heavy atom. The van der Waals surface area contributed by atoms with Crippen LogP contribution in [0.5, 0.6) is 0 Å². The van der Waals surface area contributed by atoms with E-state index in [4.69, 9.17) is 4.74 Å². The number of ether oxygens (including phenoxy) is 1. The third-order valence-electron chi connectivity index (χ3n) is 3.34. The molecule has 0 radical (unpaired) electrons. The molecule has 1 saturated heterocycles. The Morgan fingerprint density at radius 1 is 1.38 bits per heavy atom. The molecule has 0 spiro atoms. The van der Waals surface area contributed by atoms with Crippen LogP contribution in [0.25, 0.3) is 0 Å². The van der Waals surface area contributed by atoms with Gasteiger partial charge in [-0.25, -0.2) is 0 Å². The maximum atomic E-state index is 10.2. The summed E-state index contributed by atoms with van der Waals surface area (Å²) in [6.45, 7) is 10.7. The highest BCUT2D eigenvalue weighted by molar-refractivity contribution is 4.75. The molecule has 16 heavy (non-hydrogen) atoms. The van der Waals surface area contributed by atoms with E-state index in [0.29, 0.717) is 17.3 Å². The van der Waals surface area contributed by atoms with E-state index in [2.05, 4.69) is 27.7 Å². The summed E-state index contributed by atoms with van der Waals surface area (Å²) in [5.74, 6) is 0.966. The van der Waals surface area contributed by atoms with Gasteiger partial charge >= 0.3 is 0 Å². The van der Waals surface area contributed by atoms with Gasteiger partial charge in [0.25, 0.3) is 0 Å². The van der Waals surface area contributed by atoms with Gasteiger partial charge in [-0.2, -0.15) is 0 Å². The molecule has 1 aliphatic heterocycles. The van der Waals surface area contributed by atoms with Crippen LogP contribution in [0.3, 0.4) is 0 Å². The Hall–Kier alpha value is -0.0800. The molecule has 0 saturated carbocycles. The molecular weight excluding hydrogens is 200 g/mol. The number of rotatable bonds is 4. The molecule has 0 aromatic rings. The average Bonchev–Trinajstić information content (AvgIpc) is 2.16. The smallest absolute Gasteiger partial charge is 0.0592 e. The lowest BCUT2D eigenvalue weighted by Gasteiger charge is -2.30. The third-order valence-corrected chi connectivity index (χ3v) is 3.34. The lowest BCUT2D eigenvalue weighted by molar-refractivity contribution is -0.0185. The van der Waals surface area contributed by atoms with Crippen LogP contribution in [-0.4, -0.2) is 24.4 Å². The molecule has 0 bridgehead atoms. The predicted molar refractivity (Wildman–Crippen MR) is 67.4 cm³/mol. The minimum absolute atomic E-state index is 0.169. The van der Waals surface area contributed by atoms with Crippen LogP contribution in [0.4, 0.5) is 0 Å². The Labute approximate surface area is 100 Å². The third kappa shape index (κ3) is 5.31. The van der Waals surface area contributed by atoms with Gasteiger partial charge < -0.3 is 9.84 Å². The summed E-state index contributed by atoms with van der Waals surface area (Å²) in [4.78, 5) is 0. The number of hydrogen-bond acceptors (Lipinski definition) is 2. The molecule has 0 aromatic heterocycles. The number of aliphatic hydroxyl groups excluding tert-OH is 1. The van der Waals surface area contributed by atoms with Gasteiger partial charge in [0, 0.05) is 12.5 Å². The van der Waals surface area contributed by atoms with Crippen molar-refractivity contribution in [3.63, 3.8) is 0 Å². The highest BCUT2D eigenvalue weighted by atomic mass is 16.5. The number of hydrogen-bond donors (Lipinski definition) is 1. The van der Waals surface area contributed by atoms with E-state index in [1.54, 1.807) is 0 Å². The van der Waals surface area contributed by atoms with Crippen molar-refractivity contribution in [2.75, 3.05) is 13.2 Å². The van der Waals surface area contributed by atoms with Crippen molar-refractivity contribution in [3.8, 4) is 0 Å². The SMILES string of the molecule is CC(CC(O)C1CCCOC1)CC(C)(C)C. The Morgan fingerprint density at radius 3 is 2.56 bits per heavy atom. The molecule has 2 nitrogen and oxygen atoms in total. The molecule has 3 atom stereocenters. The van der Waals surface area contributed by atoms with Crippen molar-refractivity contribution in [1.82, 2.24) is 0 Å². The van der Waals surface area contributed by atoms with Crippen LogP contribution in [-0.2, 0) is 4.74 Å². The molecule has 1 aliphatic rings. The van der Waals surface area contributed by atoms with Crippen molar-refractivity contribution < 1.29 is 9.84 Å². The standard InChI is InChI=1S/C14H28O2/c1-11(9-14(2,3)4)8-13(15)12-6-5-7-16-10-12/h11-13,15H,5-10H2,1-4H3. The summed E-state index contributed by atoms with van der Waals surface area (Å²) < 4.78 is 5.43. The normalized spacial score (nSPS) is 26.4. The summed E-state index contributed by atoms with van der Waals surface area (Å²) in [7, 11) is 0. The lowest BCUT2D eigenvalue weighted by atomic mass is 9.81. The van der Waals surface area contributed by atoms with Crippen molar-refractivity contribution in [1.29, 1.82) is 0 Å². The first kappa shape index (κ1) is 14.0. The first-order valence-electron chi connectivity index (χ1n) is 6.64. The minimum atomic E-state index is -0.169. The van der Waals surface area contributed by atoms with Crippen molar-refractivity contribution in [2.45, 2.75) is 59.5 Å². The maximum Gasteiger partial charge on any atom is 0.0592 e. The van der Waals surface area contributed by atoms with E-state index in [1.165, 1.54) is 6.42 Å². The Balaban J connectivity index is 2.29. The van der Waals surface area contributed by atoms with Crippen LogP contribution in [0.15, 0.2) is 0 Å². The molecule has 96 valence electrons. The van der Waals surface area contributed by atoms with Crippen molar-refractivity contribution in [2.24, 2.45) is 17.3 Å². The fourth-order valence-corrected chi connectivity index (χ4v) is 2.80. The largest absolute Gasteiger partial charge is 0.393 e. The van der Waals surface area contributed by atoms with Gasteiger partial charge in [0.2, 0.25) is 0 Å². The average molecular weight is 228 g/mol. The van der Waals surface area contributed by atoms with Gasteiger partial charge in [0.05, 0.1) is 12.7 Å². The summed E-state index contributed by atoms with van der Waals surface area (Å²) in [6, 6.07) is 0. The van der Waals surface area contributed by atoms with Crippen molar-refractivity contribution in [3.05, 3.63) is 0 Å². The van der Waals surface area contributed by atoms with Gasteiger partial charge in [0.1, 0.15) is 0 Å². The Bertz CT molecular complexity index is 189. The highest BCUT2D eigenvalue weighted by Gasteiger charge is 2.25. The summed E-state index contributed by atoms with van der Waals surface area (Å²) in [5, 5.41) is 10.2. The zero-order chi connectivity index (χ0) is 12.2. The quantitative estimate of drug-likeness (QED) is 0.800. The minimum Gasteiger partial charge on any atom is -0.393 e. The zero-order valence-corrected chi connectivity index (χ0v) is 11.3. The van der Waals surface area contributed by atoms with E-state index in [-0.39, 0.29) is 6.10 Å². The van der Waals surface area contributed by atoms with Crippen LogP contribution >= 0.6 is 0 Å². The fourth-order valence-electron chi connectivity index (χ4n) is 2.80. The summed E-state index contributed by atoms with van der Waals surface area (Å²) >= 11 is 0. The summed E-state index contributed by atoms with van der Waals surface area (Å²) in [6.07, 6.45) is 4.17. The fraction of sp³-hybridized carbons (Fsp3) is 1.00. The lowest BCUT2D eigenvalue weighted by Crippen LogP contribution is -2.31. The molecular formula is C14H28O2. The van der Waals surface area contributed by atoms with Crippen LogP contribution in [0.2, 0.25) is 0 Å². The topological polar surface area (TPSA) is 29.5 Å². The maximum absolute atomic E-state index is 10.2. The van der Waals surface area contributed by atoms with E-state index in [1.807, 2.05) is 0 Å².